The Morgan fingerprint density at radius 3 is 2.56 bits per heavy atom. The van der Waals surface area contributed by atoms with E-state index in [0.717, 1.165) is 22.6 Å². The largest absolute Gasteiger partial charge is 0.392 e. The predicted molar refractivity (Wildman–Crippen MR) is 62.4 cm³/mol. The van der Waals surface area contributed by atoms with E-state index in [1.165, 1.54) is 14.0 Å². The summed E-state index contributed by atoms with van der Waals surface area (Å²) in [7, 11) is -2.48. The Hall–Kier alpha value is -1.58. The van der Waals surface area contributed by atoms with Crippen LogP contribution in [0.1, 0.15) is 6.92 Å². The van der Waals surface area contributed by atoms with Crippen LogP contribution in [0.2, 0.25) is 0 Å². The summed E-state index contributed by atoms with van der Waals surface area (Å²) < 4.78 is 24.9. The minimum absolute atomic E-state index is 0.0701. The minimum Gasteiger partial charge on any atom is -0.392 e. The molecule has 1 rings (SSSR count). The van der Waals surface area contributed by atoms with Crippen molar-refractivity contribution in [3.05, 3.63) is 28.4 Å². The van der Waals surface area contributed by atoms with Gasteiger partial charge in [0.25, 0.3) is 0 Å². The zero-order chi connectivity index (χ0) is 13.9. The van der Waals surface area contributed by atoms with Crippen LogP contribution >= 0.6 is 0 Å². The molecule has 0 saturated carbocycles. The smallest absolute Gasteiger partial charge is 0.363 e. The average molecular weight is 275 g/mol. The molecular weight excluding hydrogens is 262 g/mol. The molecule has 1 aromatic rings. The van der Waals surface area contributed by atoms with Gasteiger partial charge < -0.3 is 15.2 Å². The van der Waals surface area contributed by atoms with E-state index in [1.54, 1.807) is 0 Å². The number of pyridine rings is 1. The fraction of sp³-hybridized carbons (Fsp3) is 0.444. The molecule has 1 aromatic heterocycles. The molecule has 0 radical (unpaired) electrons. The average Bonchev–Trinajstić information content (AvgIpc) is 2.28. The number of nitro groups is 1. The fourth-order valence-corrected chi connectivity index (χ4v) is 2.48. The molecule has 0 fully saturated rings. The van der Waals surface area contributed by atoms with Crippen LogP contribution in [0.15, 0.2) is 23.2 Å². The molecule has 0 aliphatic carbocycles. The lowest BCUT2D eigenvalue weighted by Crippen LogP contribution is -2.33. The third-order valence-electron chi connectivity index (χ3n) is 2.14. The van der Waals surface area contributed by atoms with Gasteiger partial charge in [0.2, 0.25) is 10.0 Å². The number of nitrogens with zero attached hydrogens (tertiary/aromatic N) is 3. The van der Waals surface area contributed by atoms with Crippen molar-refractivity contribution in [2.75, 3.05) is 13.6 Å². The zero-order valence-electron chi connectivity index (χ0n) is 9.85. The highest BCUT2D eigenvalue weighted by molar-refractivity contribution is 7.89. The molecular formula is C9H13N3O5S. The van der Waals surface area contributed by atoms with Crippen LogP contribution < -0.4 is 0 Å². The number of hydrogen-bond acceptors (Lipinski definition) is 6. The van der Waals surface area contributed by atoms with Crippen molar-refractivity contribution in [1.29, 1.82) is 0 Å². The number of sulfonamides is 1. The molecule has 8 nitrogen and oxygen atoms in total. The van der Waals surface area contributed by atoms with Crippen LogP contribution in [-0.4, -0.2) is 47.4 Å². The van der Waals surface area contributed by atoms with Gasteiger partial charge in [-0.15, -0.1) is 0 Å². The number of rotatable bonds is 5. The highest BCUT2D eigenvalue weighted by Gasteiger charge is 2.24. The van der Waals surface area contributed by atoms with Gasteiger partial charge >= 0.3 is 5.82 Å². The number of hydrogen-bond donors (Lipinski definition) is 1. The van der Waals surface area contributed by atoms with E-state index < -0.39 is 26.9 Å². The number of aromatic nitrogens is 1. The van der Waals surface area contributed by atoms with Crippen molar-refractivity contribution in [1.82, 2.24) is 9.29 Å². The van der Waals surface area contributed by atoms with Crippen molar-refractivity contribution >= 4 is 15.8 Å². The molecule has 1 atom stereocenters. The lowest BCUT2D eigenvalue weighted by Gasteiger charge is -2.17. The topological polar surface area (TPSA) is 114 Å². The summed E-state index contributed by atoms with van der Waals surface area (Å²) >= 11 is 0. The first-order chi connectivity index (χ1) is 8.25. The quantitative estimate of drug-likeness (QED) is 0.597. The van der Waals surface area contributed by atoms with Gasteiger partial charge in [-0.05, 0) is 22.9 Å². The fourth-order valence-electron chi connectivity index (χ4n) is 1.28. The molecule has 0 amide bonds. The van der Waals surface area contributed by atoms with E-state index in [-0.39, 0.29) is 11.4 Å². The predicted octanol–water partition coefficient (Wildman–Crippen LogP) is -0.00890. The highest BCUT2D eigenvalue weighted by Crippen LogP contribution is 2.16. The van der Waals surface area contributed by atoms with E-state index in [9.17, 15) is 18.5 Å². The standard InChI is InChI=1S/C9H13N3O5S/c1-7(13)6-11(2)18(16,17)8-3-4-9(10-5-8)12(14)15/h3-5,7,13H,6H2,1-2H3. The molecule has 0 spiro atoms. The second-order valence-electron chi connectivity index (χ2n) is 3.74. The van der Waals surface area contributed by atoms with Gasteiger partial charge in [-0.3, -0.25) is 0 Å². The number of aliphatic hydroxyl groups is 1. The second-order valence-corrected chi connectivity index (χ2v) is 5.79. The molecule has 1 N–H and O–H groups in total. The van der Waals surface area contributed by atoms with E-state index in [1.807, 2.05) is 0 Å². The van der Waals surface area contributed by atoms with Gasteiger partial charge in [-0.25, -0.2) is 8.42 Å². The maximum absolute atomic E-state index is 12.0. The van der Waals surface area contributed by atoms with Crippen LogP contribution in [0.5, 0.6) is 0 Å². The Morgan fingerprint density at radius 2 is 2.17 bits per heavy atom. The third kappa shape index (κ3) is 3.22. The molecule has 1 unspecified atom stereocenters. The normalized spacial score (nSPS) is 13.6. The van der Waals surface area contributed by atoms with Gasteiger partial charge in [0, 0.05) is 19.7 Å². The Labute approximate surface area is 104 Å². The van der Waals surface area contributed by atoms with Gasteiger partial charge in [-0.1, -0.05) is 0 Å². The van der Waals surface area contributed by atoms with Gasteiger partial charge in [0.1, 0.15) is 4.90 Å². The van der Waals surface area contributed by atoms with E-state index in [4.69, 9.17) is 5.11 Å². The van der Waals surface area contributed by atoms with Gasteiger partial charge in [-0.2, -0.15) is 4.31 Å². The Bertz CT molecular complexity index is 526. The van der Waals surface area contributed by atoms with Crippen LogP contribution in [0.25, 0.3) is 0 Å². The van der Waals surface area contributed by atoms with E-state index in [0.29, 0.717) is 0 Å². The molecule has 0 bridgehead atoms. The van der Waals surface area contributed by atoms with Crippen LogP contribution in [0.4, 0.5) is 5.82 Å². The van der Waals surface area contributed by atoms with Crippen molar-refractivity contribution < 1.29 is 18.4 Å². The molecule has 100 valence electrons. The summed E-state index contributed by atoms with van der Waals surface area (Å²) in [4.78, 5) is 13.0. The SMILES string of the molecule is CC(O)CN(C)S(=O)(=O)c1ccc([N+](=O)[O-])nc1. The maximum Gasteiger partial charge on any atom is 0.363 e. The zero-order valence-corrected chi connectivity index (χ0v) is 10.7. The summed E-state index contributed by atoms with van der Waals surface area (Å²) in [6, 6.07) is 2.13. The first-order valence-corrected chi connectivity index (χ1v) is 6.44. The lowest BCUT2D eigenvalue weighted by molar-refractivity contribution is -0.389. The van der Waals surface area contributed by atoms with Crippen molar-refractivity contribution in [2.45, 2.75) is 17.9 Å². The maximum atomic E-state index is 12.0. The minimum atomic E-state index is -3.79. The van der Waals surface area contributed by atoms with Crippen molar-refractivity contribution in [3.63, 3.8) is 0 Å². The molecule has 18 heavy (non-hydrogen) atoms. The first-order valence-electron chi connectivity index (χ1n) is 5.00. The second kappa shape index (κ2) is 5.38. The van der Waals surface area contributed by atoms with Crippen LogP contribution in [-0.2, 0) is 10.0 Å². The lowest BCUT2D eigenvalue weighted by atomic mass is 10.4. The Balaban J connectivity index is 3.02. The summed E-state index contributed by atoms with van der Waals surface area (Å²) in [5, 5.41) is 19.5. The Kier molecular flexibility index (Phi) is 4.33. The van der Waals surface area contributed by atoms with Crippen LogP contribution in [0, 0.1) is 10.1 Å². The van der Waals surface area contributed by atoms with E-state index >= 15 is 0 Å². The Morgan fingerprint density at radius 1 is 1.56 bits per heavy atom. The number of aliphatic hydroxyl groups excluding tert-OH is 1. The van der Waals surface area contributed by atoms with Crippen molar-refractivity contribution in [2.24, 2.45) is 0 Å². The third-order valence-corrected chi connectivity index (χ3v) is 3.94. The molecule has 0 aromatic carbocycles. The van der Waals surface area contributed by atoms with Gasteiger partial charge in [0.15, 0.2) is 6.20 Å². The first kappa shape index (κ1) is 14.5. The van der Waals surface area contributed by atoms with E-state index in [2.05, 4.69) is 4.98 Å². The summed E-state index contributed by atoms with van der Waals surface area (Å²) in [6.07, 6.45) is 0.113. The molecule has 0 aliphatic rings. The van der Waals surface area contributed by atoms with Gasteiger partial charge in [0.05, 0.1) is 6.10 Å². The molecule has 0 saturated heterocycles. The highest BCUT2D eigenvalue weighted by atomic mass is 32.2. The van der Waals surface area contributed by atoms with Crippen LogP contribution in [0.3, 0.4) is 0 Å². The van der Waals surface area contributed by atoms with Crippen molar-refractivity contribution in [3.8, 4) is 0 Å². The molecule has 1 heterocycles. The number of likely N-dealkylation sites (N-methyl/N-ethyl adjacent to an activating group) is 1. The molecule has 9 heteroatoms. The summed E-state index contributed by atoms with van der Waals surface area (Å²) in [5.41, 5.74) is 0. The summed E-state index contributed by atoms with van der Waals surface area (Å²) in [5.74, 6) is -0.424. The molecule has 0 aliphatic heterocycles. The monoisotopic (exact) mass is 275 g/mol. The summed E-state index contributed by atoms with van der Waals surface area (Å²) in [6.45, 7) is 1.39.